The van der Waals surface area contributed by atoms with E-state index >= 15 is 0 Å². The Hall–Kier alpha value is -4.74. The number of nitrogens with one attached hydrogen (secondary N) is 4. The Labute approximate surface area is 215 Å². The molecule has 0 aromatic carbocycles. The van der Waals surface area contributed by atoms with E-state index in [-0.39, 0.29) is 31.8 Å². The highest BCUT2D eigenvalue weighted by Crippen LogP contribution is 2.04. The predicted octanol–water partition coefficient (Wildman–Crippen LogP) is -4.18. The lowest BCUT2D eigenvalue weighted by molar-refractivity contribution is -0.145. The molecule has 0 aliphatic carbocycles. The van der Waals surface area contributed by atoms with Crippen LogP contribution in [0.3, 0.4) is 0 Å². The molecule has 18 heteroatoms. The van der Waals surface area contributed by atoms with Crippen LogP contribution in [0.2, 0.25) is 0 Å². The van der Waals surface area contributed by atoms with Gasteiger partial charge in [-0.05, 0) is 12.8 Å². The summed E-state index contributed by atoms with van der Waals surface area (Å²) >= 11 is 0. The standard InChI is InChI=1S/C20H31N9O9/c21-10(4-9-7-24-8-26-9)16(34)28-12(5-14(30)31)18(36)29-13(6-15(32)33)17(35)27-11(19(37)38)2-1-3-25-20(22)23/h7-8,10-13H,1-6,21H2,(H,24,26)(H,27,35)(H,28,34)(H,29,36)(H,30,31)(H,32,33)(H,37,38)(H4,22,23,25). The predicted molar refractivity (Wildman–Crippen MR) is 128 cm³/mol. The molecule has 1 rings (SSSR count). The molecule has 210 valence electrons. The molecule has 4 atom stereocenters. The number of aliphatic carboxylic acids is 3. The van der Waals surface area contributed by atoms with Crippen LogP contribution in [0.1, 0.15) is 31.4 Å². The number of imidazole rings is 1. The lowest BCUT2D eigenvalue weighted by Crippen LogP contribution is -2.58. The maximum Gasteiger partial charge on any atom is 0.326 e. The monoisotopic (exact) mass is 541 g/mol. The molecule has 0 aliphatic rings. The van der Waals surface area contributed by atoms with Crippen LogP contribution in [-0.2, 0) is 35.2 Å². The lowest BCUT2D eigenvalue weighted by atomic mass is 10.1. The van der Waals surface area contributed by atoms with E-state index in [1.54, 1.807) is 0 Å². The number of guanidine groups is 1. The molecule has 3 amide bonds. The second-order valence-electron chi connectivity index (χ2n) is 8.05. The van der Waals surface area contributed by atoms with Gasteiger partial charge in [-0.1, -0.05) is 0 Å². The molecular weight excluding hydrogens is 510 g/mol. The fourth-order valence-corrected chi connectivity index (χ4v) is 3.08. The summed E-state index contributed by atoms with van der Waals surface area (Å²) in [6.07, 6.45) is 0.886. The van der Waals surface area contributed by atoms with E-state index in [4.69, 9.17) is 27.4 Å². The first kappa shape index (κ1) is 31.3. The number of hydrogen-bond acceptors (Lipinski definition) is 9. The highest BCUT2D eigenvalue weighted by atomic mass is 16.4. The molecule has 1 aromatic rings. The van der Waals surface area contributed by atoms with Crippen LogP contribution in [-0.4, -0.2) is 97.6 Å². The number of carbonyl (C=O) groups excluding carboxylic acids is 3. The first-order valence-corrected chi connectivity index (χ1v) is 11.2. The van der Waals surface area contributed by atoms with Gasteiger partial charge in [0.1, 0.15) is 18.1 Å². The van der Waals surface area contributed by atoms with E-state index in [0.29, 0.717) is 5.69 Å². The van der Waals surface area contributed by atoms with E-state index < -0.39 is 72.6 Å². The molecule has 0 aliphatic heterocycles. The van der Waals surface area contributed by atoms with Gasteiger partial charge in [0.2, 0.25) is 17.7 Å². The summed E-state index contributed by atoms with van der Waals surface area (Å²) in [5, 5.41) is 34.0. The van der Waals surface area contributed by atoms with Crippen molar-refractivity contribution in [3.8, 4) is 0 Å². The van der Waals surface area contributed by atoms with Crippen molar-refractivity contribution < 1.29 is 44.1 Å². The summed E-state index contributed by atoms with van der Waals surface area (Å²) in [5.41, 5.74) is 16.7. The number of carboxylic acids is 3. The summed E-state index contributed by atoms with van der Waals surface area (Å²) in [4.78, 5) is 82.1. The topological polar surface area (TPSA) is 318 Å². The van der Waals surface area contributed by atoms with Gasteiger partial charge in [0.15, 0.2) is 5.96 Å². The molecule has 0 spiro atoms. The molecule has 0 radical (unpaired) electrons. The van der Waals surface area contributed by atoms with Gasteiger partial charge in [-0.3, -0.25) is 29.0 Å². The van der Waals surface area contributed by atoms with Crippen molar-refractivity contribution in [1.29, 1.82) is 0 Å². The molecule has 0 bridgehead atoms. The average molecular weight is 542 g/mol. The summed E-state index contributed by atoms with van der Waals surface area (Å²) in [6, 6.07) is -6.20. The summed E-state index contributed by atoms with van der Waals surface area (Å²) < 4.78 is 0. The Kier molecular flexibility index (Phi) is 12.7. The van der Waals surface area contributed by atoms with Crippen LogP contribution in [0, 0.1) is 0 Å². The molecule has 18 nitrogen and oxygen atoms in total. The Bertz CT molecular complexity index is 1030. The van der Waals surface area contributed by atoms with E-state index in [9.17, 15) is 33.9 Å². The van der Waals surface area contributed by atoms with E-state index in [1.807, 2.05) is 0 Å². The van der Waals surface area contributed by atoms with Crippen molar-refractivity contribution in [1.82, 2.24) is 25.9 Å². The quantitative estimate of drug-likeness (QED) is 0.0509. The molecule has 1 heterocycles. The number of nitrogens with zero attached hydrogens (tertiary/aromatic N) is 2. The largest absolute Gasteiger partial charge is 0.481 e. The highest BCUT2D eigenvalue weighted by Gasteiger charge is 2.32. The number of aromatic nitrogens is 2. The SMILES string of the molecule is NC(N)=NCCCC(NC(=O)C(CC(=O)O)NC(=O)C(CC(=O)O)NC(=O)C(N)Cc1cnc[nH]1)C(=O)O. The average Bonchev–Trinajstić information content (AvgIpc) is 3.31. The number of aliphatic imine (C=N–C) groups is 1. The van der Waals surface area contributed by atoms with Gasteiger partial charge in [-0.2, -0.15) is 0 Å². The second kappa shape index (κ2) is 15.4. The molecule has 13 N–H and O–H groups in total. The van der Waals surface area contributed by atoms with Crippen molar-refractivity contribution in [2.45, 2.75) is 56.3 Å². The first-order valence-electron chi connectivity index (χ1n) is 11.2. The Balaban J connectivity index is 2.93. The Morgan fingerprint density at radius 1 is 0.895 bits per heavy atom. The van der Waals surface area contributed by atoms with Gasteiger partial charge in [0.05, 0.1) is 25.2 Å². The third kappa shape index (κ3) is 11.8. The normalized spacial score (nSPS) is 13.7. The van der Waals surface area contributed by atoms with Crippen molar-refractivity contribution in [3.05, 3.63) is 18.2 Å². The summed E-state index contributed by atoms with van der Waals surface area (Å²) in [6.45, 7) is 0.0658. The third-order valence-corrected chi connectivity index (χ3v) is 4.91. The summed E-state index contributed by atoms with van der Waals surface area (Å²) in [7, 11) is 0. The van der Waals surface area contributed by atoms with Gasteiger partial charge in [-0.25, -0.2) is 9.78 Å². The van der Waals surface area contributed by atoms with Crippen molar-refractivity contribution in [2.24, 2.45) is 22.2 Å². The first-order chi connectivity index (χ1) is 17.8. The number of carbonyl (C=O) groups is 6. The minimum atomic E-state index is -1.80. The highest BCUT2D eigenvalue weighted by molar-refractivity contribution is 5.96. The molecule has 0 saturated heterocycles. The fraction of sp³-hybridized carbons (Fsp3) is 0.500. The minimum absolute atomic E-state index is 0.0168. The van der Waals surface area contributed by atoms with Gasteiger partial charge in [-0.15, -0.1) is 0 Å². The maximum atomic E-state index is 12.8. The van der Waals surface area contributed by atoms with E-state index in [0.717, 1.165) is 0 Å². The van der Waals surface area contributed by atoms with Gasteiger partial charge in [0, 0.05) is 24.9 Å². The number of rotatable bonds is 17. The number of aromatic amines is 1. The van der Waals surface area contributed by atoms with Gasteiger partial charge >= 0.3 is 17.9 Å². The number of amides is 3. The molecule has 0 saturated carbocycles. The van der Waals surface area contributed by atoms with Crippen LogP contribution in [0.15, 0.2) is 17.5 Å². The zero-order valence-corrected chi connectivity index (χ0v) is 20.1. The van der Waals surface area contributed by atoms with Gasteiger partial charge < -0.3 is 53.5 Å². The van der Waals surface area contributed by atoms with E-state index in [2.05, 4.69) is 30.9 Å². The number of nitrogens with two attached hydrogens (primary N) is 3. The lowest BCUT2D eigenvalue weighted by Gasteiger charge is -2.24. The number of carboxylic acid groups (broad SMARTS) is 3. The molecule has 0 fully saturated rings. The van der Waals surface area contributed by atoms with Crippen LogP contribution < -0.4 is 33.2 Å². The summed E-state index contributed by atoms with van der Waals surface area (Å²) in [5.74, 6) is -7.92. The van der Waals surface area contributed by atoms with Crippen molar-refractivity contribution in [3.63, 3.8) is 0 Å². The van der Waals surface area contributed by atoms with Crippen LogP contribution in [0.5, 0.6) is 0 Å². The fourth-order valence-electron chi connectivity index (χ4n) is 3.08. The number of hydrogen-bond donors (Lipinski definition) is 10. The molecule has 1 aromatic heterocycles. The maximum absolute atomic E-state index is 12.8. The van der Waals surface area contributed by atoms with Crippen LogP contribution in [0.25, 0.3) is 0 Å². The molecule has 38 heavy (non-hydrogen) atoms. The Morgan fingerprint density at radius 2 is 1.42 bits per heavy atom. The van der Waals surface area contributed by atoms with Crippen LogP contribution in [0.4, 0.5) is 0 Å². The van der Waals surface area contributed by atoms with E-state index in [1.165, 1.54) is 12.5 Å². The van der Waals surface area contributed by atoms with Gasteiger partial charge in [0.25, 0.3) is 0 Å². The minimum Gasteiger partial charge on any atom is -0.481 e. The zero-order valence-electron chi connectivity index (χ0n) is 20.1. The Morgan fingerprint density at radius 3 is 1.87 bits per heavy atom. The molecule has 4 unspecified atom stereocenters. The third-order valence-electron chi connectivity index (χ3n) is 4.91. The molecular formula is C20H31N9O9. The van der Waals surface area contributed by atoms with Crippen molar-refractivity contribution in [2.75, 3.05) is 6.54 Å². The number of H-pyrrole nitrogens is 1. The zero-order chi connectivity index (χ0) is 28.8. The van der Waals surface area contributed by atoms with Crippen LogP contribution >= 0.6 is 0 Å². The van der Waals surface area contributed by atoms with Crippen molar-refractivity contribution >= 4 is 41.6 Å². The second-order valence-corrected chi connectivity index (χ2v) is 8.05. The smallest absolute Gasteiger partial charge is 0.326 e.